The lowest BCUT2D eigenvalue weighted by molar-refractivity contribution is 0.412. The number of pyridine rings is 1. The van der Waals surface area contributed by atoms with Gasteiger partial charge in [0.05, 0.1) is 17.6 Å². The number of halogens is 1. The molecule has 1 N–H and O–H groups in total. The summed E-state index contributed by atoms with van der Waals surface area (Å²) < 4.78 is 6.21. The van der Waals surface area contributed by atoms with Crippen LogP contribution in [0.3, 0.4) is 0 Å². The second-order valence-corrected chi connectivity index (χ2v) is 5.20. The van der Waals surface area contributed by atoms with E-state index in [9.17, 15) is 0 Å². The van der Waals surface area contributed by atoms with Crippen LogP contribution in [0.2, 0.25) is 0 Å². The Morgan fingerprint density at radius 1 is 1.21 bits per heavy atom. The van der Waals surface area contributed by atoms with E-state index in [1.807, 2.05) is 32.3 Å². The van der Waals surface area contributed by atoms with Crippen LogP contribution in [-0.4, -0.2) is 19.1 Å². The molecule has 1 aromatic heterocycles. The fourth-order valence-corrected chi connectivity index (χ4v) is 2.60. The van der Waals surface area contributed by atoms with Crippen molar-refractivity contribution in [3.8, 4) is 5.75 Å². The summed E-state index contributed by atoms with van der Waals surface area (Å²) >= 11 is 3.52. The van der Waals surface area contributed by atoms with Crippen LogP contribution in [0.5, 0.6) is 5.75 Å². The Hall–Kier alpha value is -1.39. The molecule has 0 aliphatic heterocycles. The highest BCUT2D eigenvalue weighted by molar-refractivity contribution is 9.10. The molecule has 0 aliphatic carbocycles. The van der Waals surface area contributed by atoms with Gasteiger partial charge in [0.1, 0.15) is 5.75 Å². The fourth-order valence-electron chi connectivity index (χ4n) is 2.04. The summed E-state index contributed by atoms with van der Waals surface area (Å²) in [6.07, 6.45) is 1.91. The van der Waals surface area contributed by atoms with Crippen LogP contribution in [0.4, 0.5) is 0 Å². The van der Waals surface area contributed by atoms with E-state index < -0.39 is 0 Å². The average Bonchev–Trinajstić information content (AvgIpc) is 2.42. The number of aryl methyl sites for hydroxylation is 1. The molecular weight excluding hydrogens is 304 g/mol. The number of nitrogens with zero attached hydrogens (tertiary/aromatic N) is 1. The molecule has 1 heterocycles. The molecule has 1 atom stereocenters. The first-order chi connectivity index (χ1) is 9.15. The minimum Gasteiger partial charge on any atom is -0.496 e. The van der Waals surface area contributed by atoms with Crippen LogP contribution in [0.25, 0.3) is 0 Å². The number of nitrogens with one attached hydrogen (secondary N) is 1. The largest absolute Gasteiger partial charge is 0.496 e. The van der Waals surface area contributed by atoms with Crippen molar-refractivity contribution in [2.45, 2.75) is 13.0 Å². The molecule has 4 heteroatoms. The molecule has 0 aliphatic rings. The predicted molar refractivity (Wildman–Crippen MR) is 80.6 cm³/mol. The van der Waals surface area contributed by atoms with Gasteiger partial charge in [-0.3, -0.25) is 4.98 Å². The van der Waals surface area contributed by atoms with Crippen LogP contribution >= 0.6 is 15.9 Å². The van der Waals surface area contributed by atoms with E-state index in [2.05, 4.69) is 44.4 Å². The van der Waals surface area contributed by atoms with E-state index in [1.165, 1.54) is 5.56 Å². The Bertz CT molecular complexity index is 555. The van der Waals surface area contributed by atoms with Crippen LogP contribution in [0, 0.1) is 6.92 Å². The molecule has 100 valence electrons. The molecule has 1 unspecified atom stereocenters. The third-order valence-electron chi connectivity index (χ3n) is 3.07. The quantitative estimate of drug-likeness (QED) is 0.936. The predicted octanol–water partition coefficient (Wildman–Crippen LogP) is 3.47. The zero-order chi connectivity index (χ0) is 13.8. The van der Waals surface area contributed by atoms with Crippen molar-refractivity contribution >= 4 is 15.9 Å². The normalized spacial score (nSPS) is 12.2. The Balaban J connectivity index is 2.36. The number of benzene rings is 1. The van der Waals surface area contributed by atoms with E-state index >= 15 is 0 Å². The summed E-state index contributed by atoms with van der Waals surface area (Å²) in [5, 5.41) is 3.32. The van der Waals surface area contributed by atoms with Crippen molar-refractivity contribution in [1.29, 1.82) is 0 Å². The molecule has 19 heavy (non-hydrogen) atoms. The van der Waals surface area contributed by atoms with Gasteiger partial charge >= 0.3 is 0 Å². The summed E-state index contributed by atoms with van der Waals surface area (Å²) in [6, 6.07) is 10.3. The van der Waals surface area contributed by atoms with Gasteiger partial charge in [0.2, 0.25) is 0 Å². The summed E-state index contributed by atoms with van der Waals surface area (Å²) in [5.74, 6) is 0.834. The van der Waals surface area contributed by atoms with Crippen molar-refractivity contribution in [3.63, 3.8) is 0 Å². The highest BCUT2D eigenvalue weighted by atomic mass is 79.9. The summed E-state index contributed by atoms with van der Waals surface area (Å²) in [7, 11) is 3.61. The number of methoxy groups -OCH3 is 1. The van der Waals surface area contributed by atoms with Crippen LogP contribution in [0.1, 0.15) is 22.9 Å². The maximum atomic E-state index is 5.26. The van der Waals surface area contributed by atoms with Gasteiger partial charge in [-0.15, -0.1) is 0 Å². The molecule has 1 aromatic carbocycles. The zero-order valence-corrected chi connectivity index (χ0v) is 12.9. The van der Waals surface area contributed by atoms with Crippen molar-refractivity contribution in [2.24, 2.45) is 0 Å². The third-order valence-corrected chi connectivity index (χ3v) is 3.69. The number of aromatic nitrogens is 1. The molecular formula is C15H17BrN2O. The molecule has 2 rings (SSSR count). The smallest absolute Gasteiger partial charge is 0.133 e. The van der Waals surface area contributed by atoms with Gasteiger partial charge in [0, 0.05) is 11.9 Å². The van der Waals surface area contributed by atoms with E-state index in [1.54, 1.807) is 7.11 Å². The van der Waals surface area contributed by atoms with E-state index in [-0.39, 0.29) is 6.04 Å². The molecule has 0 saturated carbocycles. The Morgan fingerprint density at radius 3 is 2.47 bits per heavy atom. The lowest BCUT2D eigenvalue weighted by Crippen LogP contribution is -2.17. The van der Waals surface area contributed by atoms with Gasteiger partial charge in [-0.05, 0) is 59.2 Å². The van der Waals surface area contributed by atoms with E-state index in [0.29, 0.717) is 0 Å². The van der Waals surface area contributed by atoms with Gasteiger partial charge < -0.3 is 10.1 Å². The monoisotopic (exact) mass is 320 g/mol. The van der Waals surface area contributed by atoms with E-state index in [0.717, 1.165) is 21.5 Å². The molecule has 2 aromatic rings. The second-order valence-electron chi connectivity index (χ2n) is 4.35. The first-order valence-electron chi connectivity index (χ1n) is 6.09. The van der Waals surface area contributed by atoms with Gasteiger partial charge in [0.15, 0.2) is 0 Å². The van der Waals surface area contributed by atoms with Crippen LogP contribution in [0.15, 0.2) is 41.0 Å². The molecule has 0 bridgehead atoms. The summed E-state index contributed by atoms with van der Waals surface area (Å²) in [5.41, 5.74) is 3.33. The van der Waals surface area contributed by atoms with Crippen molar-refractivity contribution in [2.75, 3.05) is 14.2 Å². The number of hydrogen-bond acceptors (Lipinski definition) is 3. The minimum atomic E-state index is 0.121. The van der Waals surface area contributed by atoms with Crippen molar-refractivity contribution in [3.05, 3.63) is 57.8 Å². The summed E-state index contributed by atoms with van der Waals surface area (Å²) in [6.45, 7) is 1.99. The fraction of sp³-hybridized carbons (Fsp3) is 0.267. The molecule has 0 fully saturated rings. The average molecular weight is 321 g/mol. The topological polar surface area (TPSA) is 34.2 Å². The van der Waals surface area contributed by atoms with Gasteiger partial charge in [-0.25, -0.2) is 0 Å². The zero-order valence-electron chi connectivity index (χ0n) is 11.3. The Labute approximate surface area is 122 Å². The standard InChI is InChI=1S/C15H17BrN2O/c1-10-4-5-12(9-18-10)15(17-2)11-6-7-14(19-3)13(16)8-11/h4-9,15,17H,1-3H3. The molecule has 0 radical (unpaired) electrons. The minimum absolute atomic E-state index is 0.121. The SMILES string of the molecule is CNC(c1ccc(C)nc1)c1ccc(OC)c(Br)c1. The van der Waals surface area contributed by atoms with Crippen LogP contribution in [-0.2, 0) is 0 Å². The second kappa shape index (κ2) is 6.17. The molecule has 0 spiro atoms. The number of rotatable bonds is 4. The van der Waals surface area contributed by atoms with Crippen molar-refractivity contribution in [1.82, 2.24) is 10.3 Å². The van der Waals surface area contributed by atoms with Gasteiger partial charge in [-0.2, -0.15) is 0 Å². The summed E-state index contributed by atoms with van der Waals surface area (Å²) in [4.78, 5) is 4.35. The maximum absolute atomic E-state index is 5.26. The van der Waals surface area contributed by atoms with E-state index in [4.69, 9.17) is 4.74 Å². The lowest BCUT2D eigenvalue weighted by atomic mass is 10.00. The Kier molecular flexibility index (Phi) is 4.56. The highest BCUT2D eigenvalue weighted by Gasteiger charge is 2.13. The van der Waals surface area contributed by atoms with Gasteiger partial charge in [-0.1, -0.05) is 12.1 Å². The maximum Gasteiger partial charge on any atom is 0.133 e. The molecule has 0 saturated heterocycles. The number of ether oxygens (including phenoxy) is 1. The molecule has 0 amide bonds. The third kappa shape index (κ3) is 3.14. The van der Waals surface area contributed by atoms with Crippen molar-refractivity contribution < 1.29 is 4.74 Å². The Morgan fingerprint density at radius 2 is 1.95 bits per heavy atom. The highest BCUT2D eigenvalue weighted by Crippen LogP contribution is 2.30. The first-order valence-corrected chi connectivity index (χ1v) is 6.88. The van der Waals surface area contributed by atoms with Gasteiger partial charge in [0.25, 0.3) is 0 Å². The first kappa shape index (κ1) is 14.0. The molecule has 3 nitrogen and oxygen atoms in total. The van der Waals surface area contributed by atoms with Crippen LogP contribution < -0.4 is 10.1 Å². The lowest BCUT2D eigenvalue weighted by Gasteiger charge is -2.18. The number of hydrogen-bond donors (Lipinski definition) is 1.